The van der Waals surface area contributed by atoms with Gasteiger partial charge in [-0.3, -0.25) is 14.4 Å². The molecule has 1 aromatic rings. The maximum absolute atomic E-state index is 12.3. The van der Waals surface area contributed by atoms with Crippen LogP contribution in [0, 0.1) is 0 Å². The van der Waals surface area contributed by atoms with E-state index in [9.17, 15) is 14.4 Å². The lowest BCUT2D eigenvalue weighted by Crippen LogP contribution is -2.55. The van der Waals surface area contributed by atoms with Crippen LogP contribution in [0.15, 0.2) is 18.2 Å². The van der Waals surface area contributed by atoms with Crippen LogP contribution in [0.4, 0.5) is 0 Å². The molecule has 9 heteroatoms. The van der Waals surface area contributed by atoms with E-state index in [1.165, 1.54) is 20.3 Å². The Bertz CT molecular complexity index is 699. The Hall–Kier alpha value is -2.81. The molecule has 1 aliphatic heterocycles. The second kappa shape index (κ2) is 9.22. The number of carboxylic acid groups (broad SMARTS) is 1. The van der Waals surface area contributed by atoms with Gasteiger partial charge in [-0.15, -0.1) is 0 Å². The molecule has 3 N–H and O–H groups in total. The number of rotatable bonds is 8. The van der Waals surface area contributed by atoms with Crippen LogP contribution in [0.2, 0.25) is 0 Å². The molecule has 9 nitrogen and oxygen atoms in total. The van der Waals surface area contributed by atoms with Gasteiger partial charge in [0.25, 0.3) is 5.91 Å². The molecule has 1 aliphatic rings. The van der Waals surface area contributed by atoms with Crippen molar-refractivity contribution in [3.63, 3.8) is 0 Å². The quantitative estimate of drug-likeness (QED) is 0.602. The molecule has 0 spiro atoms. The Morgan fingerprint density at radius 1 is 1.15 bits per heavy atom. The van der Waals surface area contributed by atoms with E-state index in [4.69, 9.17) is 19.3 Å². The molecule has 1 saturated heterocycles. The molecule has 1 heterocycles. The lowest BCUT2D eigenvalue weighted by atomic mass is 9.86. The summed E-state index contributed by atoms with van der Waals surface area (Å²) in [7, 11) is 2.95. The van der Waals surface area contributed by atoms with Gasteiger partial charge in [-0.2, -0.15) is 0 Å². The third-order valence-electron chi connectivity index (χ3n) is 4.40. The van der Waals surface area contributed by atoms with Crippen molar-refractivity contribution in [2.24, 2.45) is 0 Å². The van der Waals surface area contributed by atoms with Crippen LogP contribution in [0.25, 0.3) is 0 Å². The van der Waals surface area contributed by atoms with E-state index in [1.54, 1.807) is 12.1 Å². The van der Waals surface area contributed by atoms with Crippen molar-refractivity contribution in [2.45, 2.75) is 24.8 Å². The van der Waals surface area contributed by atoms with Gasteiger partial charge in [0.05, 0.1) is 32.7 Å². The zero-order valence-electron chi connectivity index (χ0n) is 15.4. The van der Waals surface area contributed by atoms with Crippen molar-refractivity contribution < 1.29 is 33.7 Å². The molecule has 1 fully saturated rings. The molecule has 2 amide bonds. The number of ether oxygens (including phenoxy) is 3. The topological polar surface area (TPSA) is 123 Å². The highest BCUT2D eigenvalue weighted by Crippen LogP contribution is 2.27. The second-order valence-corrected chi connectivity index (χ2v) is 6.26. The summed E-state index contributed by atoms with van der Waals surface area (Å²) in [6.07, 6.45) is 0.634. The van der Waals surface area contributed by atoms with Gasteiger partial charge in [0.15, 0.2) is 11.5 Å². The minimum absolute atomic E-state index is 0.189. The zero-order valence-corrected chi connectivity index (χ0v) is 15.4. The molecular weight excluding hydrogens is 356 g/mol. The SMILES string of the molecule is COc1ccc(C(=O)NCC(=O)NC2(CC(=O)O)CCOCC2)cc1OC. The zero-order chi connectivity index (χ0) is 19.9. The molecule has 1 aromatic carbocycles. The summed E-state index contributed by atoms with van der Waals surface area (Å²) < 4.78 is 15.5. The fraction of sp³-hybridized carbons (Fsp3) is 0.500. The first-order chi connectivity index (χ1) is 12.9. The third kappa shape index (κ3) is 5.58. The van der Waals surface area contributed by atoms with Crippen molar-refractivity contribution >= 4 is 17.8 Å². The first kappa shape index (κ1) is 20.5. The summed E-state index contributed by atoms with van der Waals surface area (Å²) in [6.45, 7) is 0.493. The van der Waals surface area contributed by atoms with Crippen molar-refractivity contribution in [1.29, 1.82) is 0 Å². The van der Waals surface area contributed by atoms with E-state index >= 15 is 0 Å². The second-order valence-electron chi connectivity index (χ2n) is 6.26. The van der Waals surface area contributed by atoms with Crippen molar-refractivity contribution in [1.82, 2.24) is 10.6 Å². The Kier molecular flexibility index (Phi) is 7.00. The minimum atomic E-state index is -0.994. The number of hydrogen-bond donors (Lipinski definition) is 3. The van der Waals surface area contributed by atoms with Gasteiger partial charge in [0, 0.05) is 18.8 Å². The molecule has 0 saturated carbocycles. The van der Waals surface area contributed by atoms with Crippen molar-refractivity contribution in [3.8, 4) is 11.5 Å². The van der Waals surface area contributed by atoms with Crippen LogP contribution < -0.4 is 20.1 Å². The molecule has 0 radical (unpaired) electrons. The summed E-state index contributed by atoms with van der Waals surface area (Å²) in [4.78, 5) is 35.7. The smallest absolute Gasteiger partial charge is 0.305 e. The van der Waals surface area contributed by atoms with Gasteiger partial charge in [0.1, 0.15) is 0 Å². The molecule has 27 heavy (non-hydrogen) atoms. The summed E-state index contributed by atoms with van der Waals surface area (Å²) >= 11 is 0. The van der Waals surface area contributed by atoms with Gasteiger partial charge < -0.3 is 30.0 Å². The van der Waals surface area contributed by atoms with Gasteiger partial charge in [-0.25, -0.2) is 0 Å². The molecule has 0 aliphatic carbocycles. The lowest BCUT2D eigenvalue weighted by molar-refractivity contribution is -0.140. The van der Waals surface area contributed by atoms with Gasteiger partial charge in [-0.1, -0.05) is 0 Å². The van der Waals surface area contributed by atoms with Crippen LogP contribution in [-0.4, -0.2) is 62.4 Å². The van der Waals surface area contributed by atoms with Crippen LogP contribution in [0.5, 0.6) is 11.5 Å². The Morgan fingerprint density at radius 3 is 2.41 bits per heavy atom. The fourth-order valence-corrected chi connectivity index (χ4v) is 2.98. The highest BCUT2D eigenvalue weighted by molar-refractivity contribution is 5.97. The monoisotopic (exact) mass is 380 g/mol. The van der Waals surface area contributed by atoms with E-state index < -0.39 is 23.3 Å². The minimum Gasteiger partial charge on any atom is -0.493 e. The standard InChI is InChI=1S/C18H24N2O7/c1-25-13-4-3-12(9-14(13)26-2)17(24)19-11-15(21)20-18(10-16(22)23)5-7-27-8-6-18/h3-4,9H,5-8,10-11H2,1-2H3,(H,19,24)(H,20,21)(H,22,23). The number of benzene rings is 1. The van der Waals surface area contributed by atoms with Crippen molar-refractivity contribution in [2.75, 3.05) is 34.0 Å². The Labute approximate surface area is 157 Å². The first-order valence-electron chi connectivity index (χ1n) is 8.50. The summed E-state index contributed by atoms with van der Waals surface area (Å²) in [5, 5.41) is 14.4. The molecular formula is C18H24N2O7. The highest BCUT2D eigenvalue weighted by atomic mass is 16.5. The third-order valence-corrected chi connectivity index (χ3v) is 4.40. The van der Waals surface area contributed by atoms with E-state index in [0.717, 1.165) is 0 Å². The molecule has 148 valence electrons. The fourth-order valence-electron chi connectivity index (χ4n) is 2.98. The number of carbonyl (C=O) groups is 3. The average molecular weight is 380 g/mol. The first-order valence-corrected chi connectivity index (χ1v) is 8.50. The highest BCUT2D eigenvalue weighted by Gasteiger charge is 2.36. The van der Waals surface area contributed by atoms with Crippen molar-refractivity contribution in [3.05, 3.63) is 23.8 Å². The molecule has 0 unspecified atom stereocenters. The van der Waals surface area contributed by atoms with E-state index in [2.05, 4.69) is 10.6 Å². The van der Waals surface area contributed by atoms with Gasteiger partial charge in [-0.05, 0) is 31.0 Å². The number of methoxy groups -OCH3 is 2. The maximum Gasteiger partial charge on any atom is 0.305 e. The lowest BCUT2D eigenvalue weighted by Gasteiger charge is -2.36. The van der Waals surface area contributed by atoms with Crippen LogP contribution in [-0.2, 0) is 14.3 Å². The summed E-state index contributed by atoms with van der Waals surface area (Å²) in [5.41, 5.74) is -0.540. The van der Waals surface area contributed by atoms with Gasteiger partial charge >= 0.3 is 5.97 Å². The largest absolute Gasteiger partial charge is 0.493 e. The normalized spacial score (nSPS) is 15.5. The number of nitrogens with one attached hydrogen (secondary N) is 2. The van der Waals surface area contributed by atoms with E-state index in [-0.39, 0.29) is 13.0 Å². The number of hydrogen-bond acceptors (Lipinski definition) is 6. The summed E-state index contributed by atoms with van der Waals surface area (Å²) in [6, 6.07) is 4.66. The van der Waals surface area contributed by atoms with Crippen LogP contribution >= 0.6 is 0 Å². The number of amides is 2. The Morgan fingerprint density at radius 2 is 1.81 bits per heavy atom. The van der Waals surface area contributed by atoms with Crippen LogP contribution in [0.3, 0.4) is 0 Å². The predicted octanol–water partition coefficient (Wildman–Crippen LogP) is 0.574. The molecule has 0 bridgehead atoms. The summed E-state index contributed by atoms with van der Waals surface area (Å²) in [5.74, 6) is -1.01. The molecule has 0 atom stereocenters. The number of carbonyl (C=O) groups excluding carboxylic acids is 2. The number of aliphatic carboxylic acids is 1. The molecule has 0 aromatic heterocycles. The number of carboxylic acids is 1. The van der Waals surface area contributed by atoms with E-state index in [0.29, 0.717) is 43.1 Å². The van der Waals surface area contributed by atoms with Gasteiger partial charge in [0.2, 0.25) is 5.91 Å². The predicted molar refractivity (Wildman–Crippen MR) is 95.1 cm³/mol. The maximum atomic E-state index is 12.3. The van der Waals surface area contributed by atoms with Crippen LogP contribution in [0.1, 0.15) is 29.6 Å². The molecule has 2 rings (SSSR count). The Balaban J connectivity index is 1.95. The average Bonchev–Trinajstić information content (AvgIpc) is 2.65. The van der Waals surface area contributed by atoms with E-state index in [1.807, 2.05) is 0 Å².